The number of anilines is 1. The molecule has 0 bridgehead atoms. The number of carbonyl (C=O) groups is 1. The molecule has 1 saturated heterocycles. The summed E-state index contributed by atoms with van der Waals surface area (Å²) in [4.78, 5) is 14.1. The molecule has 1 aromatic rings. The van der Waals surface area contributed by atoms with Crippen LogP contribution in [0.15, 0.2) is 12.1 Å². The number of sulfone groups is 1. The second-order valence-corrected chi connectivity index (χ2v) is 7.95. The second-order valence-electron chi connectivity index (χ2n) is 5.72. The molecule has 1 atom stereocenters. The Kier molecular flexibility index (Phi) is 6.50. The van der Waals surface area contributed by atoms with Crippen molar-refractivity contribution in [2.24, 2.45) is 0 Å². The van der Waals surface area contributed by atoms with Crippen LogP contribution in [-0.2, 0) is 14.6 Å². The quantitative estimate of drug-likeness (QED) is 0.680. The zero-order valence-corrected chi connectivity index (χ0v) is 14.9. The predicted molar refractivity (Wildman–Crippen MR) is 90.8 cm³/mol. The number of nitrogens with zero attached hydrogens (tertiary/aromatic N) is 3. The monoisotopic (exact) mass is 356 g/mol. The minimum absolute atomic E-state index is 0.0269. The number of carbonyl (C=O) groups excluding carboxylic acids is 1. The molecule has 2 rings (SSSR count). The van der Waals surface area contributed by atoms with Crippen molar-refractivity contribution in [3.8, 4) is 0 Å². The molecule has 8 nitrogen and oxygen atoms in total. The van der Waals surface area contributed by atoms with E-state index in [9.17, 15) is 13.2 Å². The summed E-state index contributed by atoms with van der Waals surface area (Å²) >= 11 is 0. The van der Waals surface area contributed by atoms with Crippen LogP contribution >= 0.6 is 0 Å². The van der Waals surface area contributed by atoms with Gasteiger partial charge >= 0.3 is 0 Å². The molecule has 0 aliphatic carbocycles. The van der Waals surface area contributed by atoms with E-state index in [4.69, 9.17) is 4.74 Å². The Balaban J connectivity index is 1.98. The molecule has 1 unspecified atom stereocenters. The summed E-state index contributed by atoms with van der Waals surface area (Å²) < 4.78 is 28.2. The zero-order valence-electron chi connectivity index (χ0n) is 14.1. The number of methoxy groups -OCH3 is 1. The van der Waals surface area contributed by atoms with E-state index in [1.807, 2.05) is 6.92 Å². The van der Waals surface area contributed by atoms with Gasteiger partial charge in [0.1, 0.15) is 5.82 Å². The average molecular weight is 356 g/mol. The highest BCUT2D eigenvalue weighted by molar-refractivity contribution is 7.91. The Labute approximate surface area is 142 Å². The summed E-state index contributed by atoms with van der Waals surface area (Å²) in [6.07, 6.45) is 1.33. The number of nitrogens with one attached hydrogen (secondary N) is 1. The van der Waals surface area contributed by atoms with Crippen molar-refractivity contribution in [2.75, 3.05) is 43.6 Å². The Bertz CT molecular complexity index is 648. The van der Waals surface area contributed by atoms with Gasteiger partial charge in [-0.3, -0.25) is 4.79 Å². The van der Waals surface area contributed by atoms with Crippen LogP contribution in [0.2, 0.25) is 0 Å². The summed E-state index contributed by atoms with van der Waals surface area (Å²) in [5.74, 6) is 0.476. The van der Waals surface area contributed by atoms with Crippen LogP contribution in [0.3, 0.4) is 0 Å². The fourth-order valence-electron chi connectivity index (χ4n) is 2.71. The van der Waals surface area contributed by atoms with E-state index in [-0.39, 0.29) is 29.1 Å². The lowest BCUT2D eigenvalue weighted by Gasteiger charge is -2.26. The van der Waals surface area contributed by atoms with Crippen molar-refractivity contribution >= 4 is 21.6 Å². The van der Waals surface area contributed by atoms with Gasteiger partial charge in [0.05, 0.1) is 11.5 Å². The fraction of sp³-hybridized carbons (Fsp3) is 0.667. The van der Waals surface area contributed by atoms with E-state index in [1.165, 1.54) is 0 Å². The molecule has 1 aromatic heterocycles. The third kappa shape index (κ3) is 4.88. The molecule has 0 saturated carbocycles. The van der Waals surface area contributed by atoms with E-state index in [0.29, 0.717) is 31.9 Å². The van der Waals surface area contributed by atoms with E-state index in [2.05, 4.69) is 15.5 Å². The topological polar surface area (TPSA) is 101 Å². The van der Waals surface area contributed by atoms with Crippen LogP contribution in [0.4, 0.5) is 5.82 Å². The van der Waals surface area contributed by atoms with E-state index in [0.717, 1.165) is 6.42 Å². The predicted octanol–water partition coefficient (Wildman–Crippen LogP) is 0.574. The fourth-order valence-corrected chi connectivity index (χ4v) is 4.44. The number of hydrogen-bond acceptors (Lipinski definition) is 7. The molecule has 0 radical (unpaired) electrons. The summed E-state index contributed by atoms with van der Waals surface area (Å²) in [5, 5.41) is 11.1. The molecular formula is C15H24N4O4S. The van der Waals surface area contributed by atoms with Crippen molar-refractivity contribution < 1.29 is 17.9 Å². The third-order valence-corrected chi connectivity index (χ3v) is 5.72. The first kappa shape index (κ1) is 18.6. The third-order valence-electron chi connectivity index (χ3n) is 3.97. The van der Waals surface area contributed by atoms with Crippen molar-refractivity contribution in [2.45, 2.75) is 25.8 Å². The molecule has 1 amide bonds. The average Bonchev–Trinajstić information content (AvgIpc) is 2.92. The zero-order chi connectivity index (χ0) is 17.6. The molecule has 9 heteroatoms. The smallest absolute Gasteiger partial charge is 0.274 e. The number of ether oxygens (including phenoxy) is 1. The Hall–Kier alpha value is -1.74. The first-order chi connectivity index (χ1) is 11.5. The summed E-state index contributed by atoms with van der Waals surface area (Å²) in [5.41, 5.74) is 0.226. The van der Waals surface area contributed by atoms with Crippen molar-refractivity contribution in [1.29, 1.82) is 0 Å². The second kappa shape index (κ2) is 8.39. The van der Waals surface area contributed by atoms with Crippen molar-refractivity contribution in [3.05, 3.63) is 17.8 Å². The normalized spacial score (nSPS) is 19.2. The first-order valence-corrected chi connectivity index (χ1v) is 9.87. The largest absolute Gasteiger partial charge is 0.385 e. The molecular weight excluding hydrogens is 332 g/mol. The Morgan fingerprint density at radius 1 is 1.42 bits per heavy atom. The Morgan fingerprint density at radius 3 is 2.75 bits per heavy atom. The van der Waals surface area contributed by atoms with Crippen molar-refractivity contribution in [3.63, 3.8) is 0 Å². The molecule has 1 fully saturated rings. The van der Waals surface area contributed by atoms with E-state index < -0.39 is 9.84 Å². The van der Waals surface area contributed by atoms with Crippen molar-refractivity contribution in [1.82, 2.24) is 15.1 Å². The summed E-state index contributed by atoms with van der Waals surface area (Å²) in [6, 6.07) is 3.04. The first-order valence-electron chi connectivity index (χ1n) is 8.04. The maximum Gasteiger partial charge on any atom is 0.274 e. The number of hydrogen-bond donors (Lipinski definition) is 1. The number of aromatic nitrogens is 2. The molecule has 2 heterocycles. The van der Waals surface area contributed by atoms with E-state index in [1.54, 1.807) is 24.1 Å². The lowest BCUT2D eigenvalue weighted by atomic mass is 10.2. The number of rotatable bonds is 8. The van der Waals surface area contributed by atoms with Gasteiger partial charge in [0.2, 0.25) is 0 Å². The molecule has 1 aliphatic rings. The van der Waals surface area contributed by atoms with Gasteiger partial charge < -0.3 is 15.0 Å². The van der Waals surface area contributed by atoms with Gasteiger partial charge in [-0.15, -0.1) is 10.2 Å². The van der Waals surface area contributed by atoms with Gasteiger partial charge in [0.25, 0.3) is 5.91 Å². The molecule has 1 N–H and O–H groups in total. The van der Waals surface area contributed by atoms with Crippen LogP contribution in [0, 0.1) is 0 Å². The van der Waals surface area contributed by atoms with Gasteiger partial charge in [-0.2, -0.15) is 0 Å². The maximum absolute atomic E-state index is 12.6. The van der Waals surface area contributed by atoms with E-state index >= 15 is 0 Å². The molecule has 0 aromatic carbocycles. The van der Waals surface area contributed by atoms with Gasteiger partial charge in [-0.05, 0) is 31.9 Å². The standard InChI is InChI=1S/C15H24N4O4S/c1-3-19(12-7-10-24(21,22)11-12)15(20)13-5-6-14(18-17-13)16-8-4-9-23-2/h5-6,12H,3-4,7-11H2,1-2H3,(H,16,18). The van der Waals surface area contributed by atoms with Gasteiger partial charge in [-0.1, -0.05) is 0 Å². The molecule has 1 aliphatic heterocycles. The minimum Gasteiger partial charge on any atom is -0.385 e. The van der Waals surface area contributed by atoms with Crippen LogP contribution in [0.25, 0.3) is 0 Å². The highest BCUT2D eigenvalue weighted by atomic mass is 32.2. The van der Waals surface area contributed by atoms with Crippen LogP contribution in [0.1, 0.15) is 30.3 Å². The van der Waals surface area contributed by atoms with Gasteiger partial charge in [0.15, 0.2) is 15.5 Å². The summed E-state index contributed by atoms with van der Waals surface area (Å²) in [6.45, 7) is 3.64. The van der Waals surface area contributed by atoms with Gasteiger partial charge in [-0.25, -0.2) is 8.42 Å². The molecule has 0 spiro atoms. The van der Waals surface area contributed by atoms with Gasteiger partial charge in [0, 0.05) is 32.8 Å². The van der Waals surface area contributed by atoms with Crippen LogP contribution < -0.4 is 5.32 Å². The highest BCUT2D eigenvalue weighted by Gasteiger charge is 2.34. The molecule has 134 valence electrons. The Morgan fingerprint density at radius 2 is 2.21 bits per heavy atom. The van der Waals surface area contributed by atoms with Crippen LogP contribution in [0.5, 0.6) is 0 Å². The lowest BCUT2D eigenvalue weighted by molar-refractivity contribution is 0.0701. The maximum atomic E-state index is 12.6. The number of amides is 1. The SMILES string of the molecule is CCN(C(=O)c1ccc(NCCCOC)nn1)C1CCS(=O)(=O)C1. The van der Waals surface area contributed by atoms with Crippen LogP contribution in [-0.4, -0.2) is 73.8 Å². The highest BCUT2D eigenvalue weighted by Crippen LogP contribution is 2.19. The molecule has 24 heavy (non-hydrogen) atoms. The lowest BCUT2D eigenvalue weighted by Crippen LogP contribution is -2.41. The summed E-state index contributed by atoms with van der Waals surface area (Å²) in [7, 11) is -1.39. The minimum atomic E-state index is -3.04.